The van der Waals surface area contributed by atoms with E-state index in [0.29, 0.717) is 44.3 Å². The quantitative estimate of drug-likeness (QED) is 0.559. The molecule has 2 rings (SSSR count). The van der Waals surface area contributed by atoms with Crippen LogP contribution in [0.3, 0.4) is 0 Å². The number of nitro groups is 1. The molecule has 0 aromatic heterocycles. The van der Waals surface area contributed by atoms with Gasteiger partial charge in [0.25, 0.3) is 5.69 Å². The predicted molar refractivity (Wildman–Crippen MR) is 97.5 cm³/mol. The molecule has 0 spiro atoms. The molecular weight excluding hydrogens is 344 g/mol. The lowest BCUT2D eigenvalue weighted by Gasteiger charge is -2.31. The Kier molecular flexibility index (Phi) is 6.02. The Balaban J connectivity index is 2.36. The SMILES string of the molecule is CC(C)CN(C)c1ccc(S(=O)(=O)N2CCN(C)CC2)cc1[N+](=O)[O-]. The zero-order valence-electron chi connectivity index (χ0n) is 15.2. The monoisotopic (exact) mass is 370 g/mol. The Morgan fingerprint density at radius 2 is 1.84 bits per heavy atom. The van der Waals surface area contributed by atoms with E-state index in [1.54, 1.807) is 11.9 Å². The molecule has 1 aliphatic rings. The number of likely N-dealkylation sites (N-methyl/N-ethyl adjacent to an activating group) is 1. The van der Waals surface area contributed by atoms with E-state index in [4.69, 9.17) is 0 Å². The van der Waals surface area contributed by atoms with Crippen molar-refractivity contribution in [1.82, 2.24) is 9.21 Å². The summed E-state index contributed by atoms with van der Waals surface area (Å²) in [6.07, 6.45) is 0. The van der Waals surface area contributed by atoms with Crippen LogP contribution in [0.25, 0.3) is 0 Å². The molecule has 0 amide bonds. The smallest absolute Gasteiger partial charge is 0.293 e. The molecule has 140 valence electrons. The highest BCUT2D eigenvalue weighted by Gasteiger charge is 2.30. The Labute approximate surface area is 149 Å². The molecule has 8 nitrogen and oxygen atoms in total. The fraction of sp³-hybridized carbons (Fsp3) is 0.625. The molecule has 0 saturated carbocycles. The number of sulfonamides is 1. The van der Waals surface area contributed by atoms with Crippen LogP contribution in [0.4, 0.5) is 11.4 Å². The molecule has 0 aliphatic carbocycles. The third kappa shape index (κ3) is 4.47. The Hall–Kier alpha value is -1.71. The maximum absolute atomic E-state index is 12.8. The third-order valence-corrected chi connectivity index (χ3v) is 6.19. The first-order chi connectivity index (χ1) is 11.6. The van der Waals surface area contributed by atoms with Crippen molar-refractivity contribution in [3.63, 3.8) is 0 Å². The van der Waals surface area contributed by atoms with Crippen LogP contribution < -0.4 is 4.90 Å². The van der Waals surface area contributed by atoms with Crippen molar-refractivity contribution in [1.29, 1.82) is 0 Å². The molecule has 1 aliphatic heterocycles. The van der Waals surface area contributed by atoms with Crippen LogP contribution >= 0.6 is 0 Å². The van der Waals surface area contributed by atoms with Gasteiger partial charge in [-0.15, -0.1) is 0 Å². The minimum atomic E-state index is -3.72. The molecule has 1 saturated heterocycles. The predicted octanol–water partition coefficient (Wildman–Crippen LogP) is 1.62. The minimum Gasteiger partial charge on any atom is -0.369 e. The number of piperazine rings is 1. The summed E-state index contributed by atoms with van der Waals surface area (Å²) in [5.74, 6) is 0.332. The van der Waals surface area contributed by atoms with Gasteiger partial charge in [-0.1, -0.05) is 13.8 Å². The first-order valence-corrected chi connectivity index (χ1v) is 9.75. The summed E-state index contributed by atoms with van der Waals surface area (Å²) < 4.78 is 27.0. The highest BCUT2D eigenvalue weighted by Crippen LogP contribution is 2.31. The number of hydrogen-bond donors (Lipinski definition) is 0. The Morgan fingerprint density at radius 1 is 1.24 bits per heavy atom. The second-order valence-corrected chi connectivity index (χ2v) is 8.83. The Bertz CT molecular complexity index is 728. The average Bonchev–Trinajstić information content (AvgIpc) is 2.54. The van der Waals surface area contributed by atoms with Crippen LogP contribution in [0, 0.1) is 16.0 Å². The summed E-state index contributed by atoms with van der Waals surface area (Å²) in [4.78, 5) is 14.8. The summed E-state index contributed by atoms with van der Waals surface area (Å²) >= 11 is 0. The molecule has 0 atom stereocenters. The van der Waals surface area contributed by atoms with Gasteiger partial charge in [-0.3, -0.25) is 10.1 Å². The van der Waals surface area contributed by atoms with Crippen molar-refractivity contribution < 1.29 is 13.3 Å². The summed E-state index contributed by atoms with van der Waals surface area (Å²) in [7, 11) is -0.00987. The summed E-state index contributed by atoms with van der Waals surface area (Å²) in [6, 6.07) is 4.18. The second kappa shape index (κ2) is 7.67. The third-order valence-electron chi connectivity index (χ3n) is 4.29. The Morgan fingerprint density at radius 3 is 2.36 bits per heavy atom. The highest BCUT2D eigenvalue weighted by atomic mass is 32.2. The van der Waals surface area contributed by atoms with Gasteiger partial charge in [0.1, 0.15) is 5.69 Å². The molecule has 1 aromatic rings. The van der Waals surface area contributed by atoms with Crippen LogP contribution in [0.2, 0.25) is 0 Å². The van der Waals surface area contributed by atoms with Gasteiger partial charge in [0.2, 0.25) is 10.0 Å². The van der Waals surface area contributed by atoms with E-state index < -0.39 is 14.9 Å². The lowest BCUT2D eigenvalue weighted by molar-refractivity contribution is -0.384. The van der Waals surface area contributed by atoms with Crippen molar-refractivity contribution in [2.45, 2.75) is 18.7 Å². The number of benzene rings is 1. The zero-order valence-corrected chi connectivity index (χ0v) is 16.0. The van der Waals surface area contributed by atoms with E-state index in [1.807, 2.05) is 20.9 Å². The largest absolute Gasteiger partial charge is 0.369 e. The fourth-order valence-electron chi connectivity index (χ4n) is 2.96. The maximum atomic E-state index is 12.8. The minimum absolute atomic E-state index is 0.0227. The van der Waals surface area contributed by atoms with Gasteiger partial charge in [-0.05, 0) is 25.1 Å². The molecule has 0 unspecified atom stereocenters. The van der Waals surface area contributed by atoms with E-state index in [9.17, 15) is 18.5 Å². The molecule has 25 heavy (non-hydrogen) atoms. The second-order valence-electron chi connectivity index (χ2n) is 6.89. The number of anilines is 1. The summed E-state index contributed by atoms with van der Waals surface area (Å²) in [5, 5.41) is 11.5. The average molecular weight is 370 g/mol. The van der Waals surface area contributed by atoms with Gasteiger partial charge in [-0.25, -0.2) is 8.42 Å². The van der Waals surface area contributed by atoms with Crippen molar-refractivity contribution in [2.75, 3.05) is 51.7 Å². The number of nitro benzene ring substituents is 1. The zero-order chi connectivity index (χ0) is 18.8. The first kappa shape index (κ1) is 19.6. The maximum Gasteiger partial charge on any atom is 0.293 e. The van der Waals surface area contributed by atoms with E-state index in [1.165, 1.54) is 22.5 Å². The van der Waals surface area contributed by atoms with Gasteiger partial charge in [0.15, 0.2) is 0 Å². The van der Waals surface area contributed by atoms with Gasteiger partial charge in [0.05, 0.1) is 9.82 Å². The molecule has 0 bridgehead atoms. The van der Waals surface area contributed by atoms with Crippen molar-refractivity contribution >= 4 is 21.4 Å². The molecule has 0 N–H and O–H groups in total. The van der Waals surface area contributed by atoms with Crippen LogP contribution in [-0.4, -0.2) is 69.4 Å². The normalized spacial score (nSPS) is 17.0. The topological polar surface area (TPSA) is 87.0 Å². The van der Waals surface area contributed by atoms with Crippen molar-refractivity contribution in [3.8, 4) is 0 Å². The molecule has 0 radical (unpaired) electrons. The lowest BCUT2D eigenvalue weighted by atomic mass is 10.2. The summed E-state index contributed by atoms with van der Waals surface area (Å²) in [6.45, 7) is 6.77. The van der Waals surface area contributed by atoms with Crippen LogP contribution in [0.15, 0.2) is 23.1 Å². The van der Waals surface area contributed by atoms with E-state index in [-0.39, 0.29) is 10.6 Å². The van der Waals surface area contributed by atoms with Gasteiger partial charge in [-0.2, -0.15) is 4.31 Å². The van der Waals surface area contributed by atoms with Crippen molar-refractivity contribution in [3.05, 3.63) is 28.3 Å². The standard InChI is InChI=1S/C16H26N4O4S/c1-13(2)12-18(4)15-6-5-14(11-16(15)20(21)22)25(23,24)19-9-7-17(3)8-10-19/h5-6,11,13H,7-10,12H2,1-4H3. The van der Waals surface area contributed by atoms with Gasteiger partial charge < -0.3 is 9.80 Å². The molecule has 1 heterocycles. The molecule has 1 aromatic carbocycles. The highest BCUT2D eigenvalue weighted by molar-refractivity contribution is 7.89. The molecule has 1 fully saturated rings. The van der Waals surface area contributed by atoms with Crippen LogP contribution in [0.5, 0.6) is 0 Å². The van der Waals surface area contributed by atoms with E-state index in [0.717, 1.165) is 0 Å². The number of rotatable bonds is 6. The molecular formula is C16H26N4O4S. The number of hydrogen-bond acceptors (Lipinski definition) is 6. The number of nitrogens with zero attached hydrogens (tertiary/aromatic N) is 4. The van der Waals surface area contributed by atoms with Crippen molar-refractivity contribution in [2.24, 2.45) is 5.92 Å². The van der Waals surface area contributed by atoms with Crippen LogP contribution in [0.1, 0.15) is 13.8 Å². The van der Waals surface area contributed by atoms with Gasteiger partial charge in [0, 0.05) is 45.8 Å². The van der Waals surface area contributed by atoms with Gasteiger partial charge >= 0.3 is 0 Å². The molecule has 9 heteroatoms. The van der Waals surface area contributed by atoms with Crippen LogP contribution in [-0.2, 0) is 10.0 Å². The lowest BCUT2D eigenvalue weighted by Crippen LogP contribution is -2.47. The summed E-state index contributed by atoms with van der Waals surface area (Å²) in [5.41, 5.74) is 0.245. The fourth-order valence-corrected chi connectivity index (χ4v) is 4.40. The van der Waals surface area contributed by atoms with E-state index >= 15 is 0 Å². The van der Waals surface area contributed by atoms with E-state index in [2.05, 4.69) is 4.90 Å². The first-order valence-electron chi connectivity index (χ1n) is 8.31.